The van der Waals surface area contributed by atoms with Crippen LogP contribution in [-0.4, -0.2) is 28.3 Å². The number of nitrogens with one attached hydrogen (secondary N) is 2. The zero-order chi connectivity index (χ0) is 21.3. The molecule has 0 unspecified atom stereocenters. The average molecular weight is 401 g/mol. The van der Waals surface area contributed by atoms with E-state index in [4.69, 9.17) is 9.47 Å². The molecule has 3 rings (SSSR count). The molecule has 0 radical (unpaired) electrons. The smallest absolute Gasteiger partial charge is 0.141 e. The number of hydrogen-bond donors (Lipinski definition) is 2. The molecule has 0 aliphatic heterocycles. The number of hydrogen-bond acceptors (Lipinski definition) is 4. The summed E-state index contributed by atoms with van der Waals surface area (Å²) in [5.41, 5.74) is 6.45. The largest absolute Gasteiger partial charge is 0.495 e. The number of anilines is 2. The number of ether oxygens (including phenoxy) is 2. The van der Waals surface area contributed by atoms with Crippen molar-refractivity contribution in [2.24, 2.45) is 0 Å². The normalized spacial score (nSPS) is 11.1. The summed E-state index contributed by atoms with van der Waals surface area (Å²) < 4.78 is 10.7. The summed E-state index contributed by atoms with van der Waals surface area (Å²) in [5, 5.41) is 6.32. The van der Waals surface area contributed by atoms with Crippen molar-refractivity contribution >= 4 is 35.7 Å². The standard InChI is InChI=1S/C26H28N2O2/c1-27-23-17-21(12-14-25(23)29-3)10-8-19-6-5-7-20(16-19)9-11-22-13-15-26(30-4)24(18-22)28-2/h5-18,27-28H,1-4H3/b10-8+,11-9+. The lowest BCUT2D eigenvalue weighted by Gasteiger charge is -2.08. The fourth-order valence-electron chi connectivity index (χ4n) is 3.20. The second-order valence-corrected chi connectivity index (χ2v) is 6.76. The molecule has 0 heterocycles. The quantitative estimate of drug-likeness (QED) is 0.447. The molecule has 3 aromatic carbocycles. The first-order valence-corrected chi connectivity index (χ1v) is 9.84. The van der Waals surface area contributed by atoms with Crippen LogP contribution in [0.3, 0.4) is 0 Å². The third-order valence-electron chi connectivity index (χ3n) is 4.83. The third-order valence-corrected chi connectivity index (χ3v) is 4.83. The van der Waals surface area contributed by atoms with E-state index in [1.807, 2.05) is 38.4 Å². The van der Waals surface area contributed by atoms with Gasteiger partial charge in [-0.2, -0.15) is 0 Å². The van der Waals surface area contributed by atoms with E-state index >= 15 is 0 Å². The number of rotatable bonds is 8. The average Bonchev–Trinajstić information content (AvgIpc) is 2.81. The fraction of sp³-hybridized carbons (Fsp3) is 0.154. The molecule has 0 aliphatic rings. The molecule has 0 atom stereocenters. The van der Waals surface area contributed by atoms with Gasteiger partial charge in [0.1, 0.15) is 11.5 Å². The van der Waals surface area contributed by atoms with Gasteiger partial charge < -0.3 is 20.1 Å². The van der Waals surface area contributed by atoms with Crippen LogP contribution in [0.4, 0.5) is 11.4 Å². The summed E-state index contributed by atoms with van der Waals surface area (Å²) in [7, 11) is 7.14. The van der Waals surface area contributed by atoms with Gasteiger partial charge in [-0.15, -0.1) is 0 Å². The Morgan fingerprint density at radius 1 is 0.567 bits per heavy atom. The Kier molecular flexibility index (Phi) is 7.17. The highest BCUT2D eigenvalue weighted by molar-refractivity contribution is 5.77. The summed E-state index contributed by atoms with van der Waals surface area (Å²) >= 11 is 0. The molecule has 3 aromatic rings. The predicted molar refractivity (Wildman–Crippen MR) is 129 cm³/mol. The summed E-state index contributed by atoms with van der Waals surface area (Å²) in [6.45, 7) is 0. The van der Waals surface area contributed by atoms with E-state index in [2.05, 4.69) is 71.3 Å². The van der Waals surface area contributed by atoms with Crippen molar-refractivity contribution in [2.75, 3.05) is 38.9 Å². The Labute approximate surface area is 178 Å². The van der Waals surface area contributed by atoms with E-state index in [-0.39, 0.29) is 0 Å². The molecule has 0 saturated heterocycles. The summed E-state index contributed by atoms with van der Waals surface area (Å²) in [6.07, 6.45) is 8.44. The molecule has 2 N–H and O–H groups in total. The van der Waals surface area contributed by atoms with Gasteiger partial charge in [0.05, 0.1) is 25.6 Å². The monoisotopic (exact) mass is 400 g/mol. The first kappa shape index (κ1) is 21.1. The van der Waals surface area contributed by atoms with Gasteiger partial charge in [-0.05, 0) is 52.6 Å². The van der Waals surface area contributed by atoms with Crippen molar-refractivity contribution in [1.29, 1.82) is 0 Å². The zero-order valence-electron chi connectivity index (χ0n) is 17.9. The van der Waals surface area contributed by atoms with Crippen LogP contribution in [0.1, 0.15) is 22.3 Å². The maximum atomic E-state index is 5.36. The second-order valence-electron chi connectivity index (χ2n) is 6.76. The molecule has 0 amide bonds. The van der Waals surface area contributed by atoms with Crippen LogP contribution in [0.2, 0.25) is 0 Å². The highest BCUT2D eigenvalue weighted by Gasteiger charge is 2.02. The Morgan fingerprint density at radius 2 is 0.967 bits per heavy atom. The Hall–Kier alpha value is -3.66. The molecular weight excluding hydrogens is 372 g/mol. The van der Waals surface area contributed by atoms with Gasteiger partial charge in [-0.3, -0.25) is 0 Å². The van der Waals surface area contributed by atoms with E-state index in [1.54, 1.807) is 14.2 Å². The van der Waals surface area contributed by atoms with Crippen molar-refractivity contribution < 1.29 is 9.47 Å². The van der Waals surface area contributed by atoms with Crippen molar-refractivity contribution in [3.63, 3.8) is 0 Å². The highest BCUT2D eigenvalue weighted by Crippen LogP contribution is 2.27. The molecule has 0 aliphatic carbocycles. The molecule has 4 heteroatoms. The minimum Gasteiger partial charge on any atom is -0.495 e. The first-order chi connectivity index (χ1) is 14.7. The van der Waals surface area contributed by atoms with Crippen molar-refractivity contribution in [3.8, 4) is 11.5 Å². The van der Waals surface area contributed by atoms with Crippen LogP contribution in [0.25, 0.3) is 24.3 Å². The van der Waals surface area contributed by atoms with Crippen LogP contribution in [-0.2, 0) is 0 Å². The number of benzene rings is 3. The Balaban J connectivity index is 1.76. The van der Waals surface area contributed by atoms with Crippen molar-refractivity contribution in [1.82, 2.24) is 0 Å². The highest BCUT2D eigenvalue weighted by atomic mass is 16.5. The molecular formula is C26H28N2O2. The molecule has 30 heavy (non-hydrogen) atoms. The summed E-state index contributed by atoms with van der Waals surface area (Å²) in [5.74, 6) is 1.67. The van der Waals surface area contributed by atoms with Crippen molar-refractivity contribution in [3.05, 3.63) is 82.9 Å². The van der Waals surface area contributed by atoms with Gasteiger partial charge in [0.25, 0.3) is 0 Å². The van der Waals surface area contributed by atoms with Gasteiger partial charge >= 0.3 is 0 Å². The molecule has 0 aromatic heterocycles. The van der Waals surface area contributed by atoms with Crippen LogP contribution < -0.4 is 20.1 Å². The molecule has 0 spiro atoms. The minimum atomic E-state index is 0.835. The predicted octanol–water partition coefficient (Wildman–Crippen LogP) is 6.13. The van der Waals surface area contributed by atoms with Crippen LogP contribution >= 0.6 is 0 Å². The van der Waals surface area contributed by atoms with Crippen LogP contribution in [0.5, 0.6) is 11.5 Å². The van der Waals surface area contributed by atoms with Gasteiger partial charge in [0.15, 0.2) is 0 Å². The Morgan fingerprint density at radius 3 is 1.33 bits per heavy atom. The first-order valence-electron chi connectivity index (χ1n) is 9.84. The van der Waals surface area contributed by atoms with E-state index in [9.17, 15) is 0 Å². The third kappa shape index (κ3) is 5.23. The summed E-state index contributed by atoms with van der Waals surface area (Å²) in [4.78, 5) is 0. The fourth-order valence-corrected chi connectivity index (χ4v) is 3.20. The molecule has 154 valence electrons. The zero-order valence-corrected chi connectivity index (χ0v) is 17.9. The topological polar surface area (TPSA) is 42.5 Å². The van der Waals surface area contributed by atoms with E-state index in [0.29, 0.717) is 0 Å². The SMILES string of the molecule is CNc1cc(/C=C/c2cccc(/C=C/c3ccc(OC)c(NC)c3)c2)ccc1OC. The number of methoxy groups -OCH3 is 2. The maximum absolute atomic E-state index is 5.36. The molecule has 4 nitrogen and oxygen atoms in total. The van der Waals surface area contributed by atoms with Crippen molar-refractivity contribution in [2.45, 2.75) is 0 Å². The van der Waals surface area contributed by atoms with E-state index in [1.165, 1.54) is 0 Å². The van der Waals surface area contributed by atoms with Gasteiger partial charge in [-0.25, -0.2) is 0 Å². The van der Waals surface area contributed by atoms with Gasteiger partial charge in [0.2, 0.25) is 0 Å². The van der Waals surface area contributed by atoms with Gasteiger partial charge in [-0.1, -0.05) is 54.6 Å². The lowest BCUT2D eigenvalue weighted by Crippen LogP contribution is -1.93. The molecule has 0 fully saturated rings. The lowest BCUT2D eigenvalue weighted by atomic mass is 10.1. The van der Waals surface area contributed by atoms with E-state index < -0.39 is 0 Å². The maximum Gasteiger partial charge on any atom is 0.141 e. The van der Waals surface area contributed by atoms with Gasteiger partial charge in [0, 0.05) is 14.1 Å². The molecule has 0 saturated carbocycles. The Bertz CT molecular complexity index is 974. The second kappa shape index (κ2) is 10.2. The van der Waals surface area contributed by atoms with E-state index in [0.717, 1.165) is 45.1 Å². The lowest BCUT2D eigenvalue weighted by molar-refractivity contribution is 0.416. The minimum absolute atomic E-state index is 0.835. The van der Waals surface area contributed by atoms with Crippen LogP contribution in [0, 0.1) is 0 Å². The molecule has 0 bridgehead atoms. The summed E-state index contributed by atoms with van der Waals surface area (Å²) in [6, 6.07) is 20.6. The van der Waals surface area contributed by atoms with Crippen LogP contribution in [0.15, 0.2) is 60.7 Å².